The van der Waals surface area contributed by atoms with Crippen molar-refractivity contribution in [3.63, 3.8) is 0 Å². The Morgan fingerprint density at radius 2 is 1.25 bits per heavy atom. The zero-order valence-electron chi connectivity index (χ0n) is 9.56. The first-order chi connectivity index (χ1) is 7.43. The first-order valence-corrected chi connectivity index (χ1v) is 4.65. The molecule has 0 heterocycles. The summed E-state index contributed by atoms with van der Waals surface area (Å²) in [6, 6.07) is 0. The van der Waals surface area contributed by atoms with Gasteiger partial charge in [0, 0.05) is 19.1 Å². The van der Waals surface area contributed by atoms with Crippen molar-refractivity contribution in [3.8, 4) is 0 Å². The minimum absolute atomic E-state index is 0.298. The van der Waals surface area contributed by atoms with Gasteiger partial charge in [0.1, 0.15) is 0 Å². The Morgan fingerprint density at radius 1 is 1.00 bits per heavy atom. The van der Waals surface area contributed by atoms with Crippen molar-refractivity contribution in [3.05, 3.63) is 12.2 Å². The highest BCUT2D eigenvalue weighted by atomic mass is 16.5. The predicted molar refractivity (Wildman–Crippen MR) is 55.7 cm³/mol. The van der Waals surface area contributed by atoms with E-state index in [2.05, 4.69) is 9.47 Å². The van der Waals surface area contributed by atoms with Gasteiger partial charge in [0.05, 0.1) is 13.2 Å². The van der Waals surface area contributed by atoms with Crippen LogP contribution in [0.2, 0.25) is 0 Å². The third-order valence-corrected chi connectivity index (χ3v) is 0.929. The Morgan fingerprint density at radius 3 is 1.44 bits per heavy atom. The summed E-state index contributed by atoms with van der Waals surface area (Å²) in [6.45, 7) is 5.06. The Kier molecular flexibility index (Phi) is 11.6. The Bertz CT molecular complexity index is 232. The van der Waals surface area contributed by atoms with Gasteiger partial charge in [-0.05, 0) is 13.8 Å². The first-order valence-electron chi connectivity index (χ1n) is 4.65. The number of carboxylic acid groups (broad SMARTS) is 1. The molecular formula is C10H16O6. The van der Waals surface area contributed by atoms with Crippen molar-refractivity contribution in [2.75, 3.05) is 13.2 Å². The van der Waals surface area contributed by atoms with Crippen LogP contribution in [0.25, 0.3) is 0 Å². The second-order valence-electron chi connectivity index (χ2n) is 2.36. The van der Waals surface area contributed by atoms with Gasteiger partial charge in [-0.25, -0.2) is 9.59 Å². The average molecular weight is 232 g/mol. The summed E-state index contributed by atoms with van der Waals surface area (Å²) in [6.07, 6.45) is 2.09. The monoisotopic (exact) mass is 232 g/mol. The predicted octanol–water partition coefficient (Wildman–Crippen LogP) is 0.760. The van der Waals surface area contributed by atoms with Gasteiger partial charge >= 0.3 is 11.9 Å². The third-order valence-electron chi connectivity index (χ3n) is 0.929. The minimum atomic E-state index is -0.833. The number of carbonyl (C=O) groups excluding carboxylic acids is 2. The summed E-state index contributed by atoms with van der Waals surface area (Å²) in [5.41, 5.74) is 0. The fourth-order valence-corrected chi connectivity index (χ4v) is 0.517. The quantitative estimate of drug-likeness (QED) is 0.568. The third kappa shape index (κ3) is 18.0. The summed E-state index contributed by atoms with van der Waals surface area (Å²) < 4.78 is 9.07. The molecule has 0 aromatic carbocycles. The van der Waals surface area contributed by atoms with Crippen LogP contribution in [0.15, 0.2) is 12.2 Å². The lowest BCUT2D eigenvalue weighted by Crippen LogP contribution is -2.03. The smallest absolute Gasteiger partial charge is 0.330 e. The van der Waals surface area contributed by atoms with Crippen molar-refractivity contribution in [1.82, 2.24) is 0 Å². The molecule has 0 aromatic heterocycles. The molecule has 0 amide bonds. The number of carbonyl (C=O) groups is 3. The number of rotatable bonds is 4. The van der Waals surface area contributed by atoms with E-state index in [4.69, 9.17) is 9.90 Å². The second kappa shape index (κ2) is 11.2. The molecule has 16 heavy (non-hydrogen) atoms. The fourth-order valence-electron chi connectivity index (χ4n) is 0.517. The molecule has 0 aromatic rings. The SMILES string of the molecule is CC(=O)O.CCOC(=O)/C=C\C(=O)OCC. The molecule has 0 bridgehead atoms. The second-order valence-corrected chi connectivity index (χ2v) is 2.36. The lowest BCUT2D eigenvalue weighted by Gasteiger charge is -1.95. The summed E-state index contributed by atoms with van der Waals surface area (Å²) in [5, 5.41) is 7.42. The molecule has 1 N–H and O–H groups in total. The van der Waals surface area contributed by atoms with Crippen molar-refractivity contribution >= 4 is 17.9 Å². The van der Waals surface area contributed by atoms with Crippen molar-refractivity contribution < 1.29 is 29.0 Å². The average Bonchev–Trinajstić information content (AvgIpc) is 2.15. The summed E-state index contributed by atoms with van der Waals surface area (Å²) >= 11 is 0. The Hall–Kier alpha value is -1.85. The summed E-state index contributed by atoms with van der Waals surface area (Å²) in [7, 11) is 0. The number of aliphatic carboxylic acids is 1. The number of ether oxygens (including phenoxy) is 2. The van der Waals surface area contributed by atoms with Crippen LogP contribution in [0.5, 0.6) is 0 Å². The lowest BCUT2D eigenvalue weighted by atomic mass is 10.5. The van der Waals surface area contributed by atoms with E-state index in [0.29, 0.717) is 13.2 Å². The zero-order chi connectivity index (χ0) is 13.0. The molecule has 0 saturated carbocycles. The van der Waals surface area contributed by atoms with Crippen LogP contribution in [0.4, 0.5) is 0 Å². The molecule has 0 radical (unpaired) electrons. The van der Waals surface area contributed by atoms with E-state index >= 15 is 0 Å². The number of hydrogen-bond acceptors (Lipinski definition) is 5. The maximum Gasteiger partial charge on any atom is 0.330 e. The van der Waals surface area contributed by atoms with Crippen LogP contribution in [0.3, 0.4) is 0 Å². The first kappa shape index (κ1) is 16.6. The van der Waals surface area contributed by atoms with E-state index in [-0.39, 0.29) is 0 Å². The molecule has 0 aliphatic heterocycles. The number of esters is 2. The highest BCUT2D eigenvalue weighted by Gasteiger charge is 1.97. The standard InChI is InChI=1S/C8H12O4.C2H4O2/c1-3-11-7(9)5-6-8(10)12-4-2;1-2(3)4/h5-6H,3-4H2,1-2H3;1H3,(H,3,4)/b6-5-;. The van der Waals surface area contributed by atoms with Crippen LogP contribution in [0.1, 0.15) is 20.8 Å². The molecule has 92 valence electrons. The fraction of sp³-hybridized carbons (Fsp3) is 0.500. The van der Waals surface area contributed by atoms with Crippen LogP contribution in [-0.2, 0) is 23.9 Å². The van der Waals surface area contributed by atoms with E-state index in [1.807, 2.05) is 0 Å². The number of carboxylic acids is 1. The van der Waals surface area contributed by atoms with E-state index in [1.165, 1.54) is 0 Å². The number of hydrogen-bond donors (Lipinski definition) is 1. The molecule has 0 aliphatic carbocycles. The van der Waals surface area contributed by atoms with Gasteiger partial charge < -0.3 is 14.6 Å². The zero-order valence-corrected chi connectivity index (χ0v) is 9.56. The molecule has 6 nitrogen and oxygen atoms in total. The molecule has 6 heteroatoms. The van der Waals surface area contributed by atoms with Gasteiger partial charge in [0.15, 0.2) is 0 Å². The maximum absolute atomic E-state index is 10.6. The van der Waals surface area contributed by atoms with E-state index in [0.717, 1.165) is 19.1 Å². The van der Waals surface area contributed by atoms with Crippen molar-refractivity contribution in [1.29, 1.82) is 0 Å². The topological polar surface area (TPSA) is 89.9 Å². The van der Waals surface area contributed by atoms with Crippen LogP contribution >= 0.6 is 0 Å². The molecule has 0 fully saturated rings. The van der Waals surface area contributed by atoms with Crippen molar-refractivity contribution in [2.45, 2.75) is 20.8 Å². The summed E-state index contributed by atoms with van der Waals surface area (Å²) in [5.74, 6) is -1.91. The van der Waals surface area contributed by atoms with Gasteiger partial charge in [-0.3, -0.25) is 4.79 Å². The van der Waals surface area contributed by atoms with E-state index < -0.39 is 17.9 Å². The Balaban J connectivity index is 0. The molecule has 0 spiro atoms. The van der Waals surface area contributed by atoms with Crippen LogP contribution in [0, 0.1) is 0 Å². The lowest BCUT2D eigenvalue weighted by molar-refractivity contribution is -0.140. The maximum atomic E-state index is 10.6. The molecular weight excluding hydrogens is 216 g/mol. The van der Waals surface area contributed by atoms with Gasteiger partial charge in [-0.2, -0.15) is 0 Å². The molecule has 0 saturated heterocycles. The van der Waals surface area contributed by atoms with Gasteiger partial charge in [-0.15, -0.1) is 0 Å². The van der Waals surface area contributed by atoms with Gasteiger partial charge in [-0.1, -0.05) is 0 Å². The highest BCUT2D eigenvalue weighted by molar-refractivity contribution is 5.91. The van der Waals surface area contributed by atoms with Gasteiger partial charge in [0.2, 0.25) is 0 Å². The largest absolute Gasteiger partial charge is 0.481 e. The van der Waals surface area contributed by atoms with Crippen LogP contribution < -0.4 is 0 Å². The van der Waals surface area contributed by atoms with E-state index in [9.17, 15) is 9.59 Å². The summed E-state index contributed by atoms with van der Waals surface area (Å²) in [4.78, 5) is 30.3. The molecule has 0 atom stereocenters. The molecule has 0 aliphatic rings. The highest BCUT2D eigenvalue weighted by Crippen LogP contribution is 1.84. The van der Waals surface area contributed by atoms with E-state index in [1.54, 1.807) is 13.8 Å². The Labute approximate surface area is 93.8 Å². The molecule has 0 rings (SSSR count). The minimum Gasteiger partial charge on any atom is -0.481 e. The van der Waals surface area contributed by atoms with Gasteiger partial charge in [0.25, 0.3) is 5.97 Å². The molecule has 0 unspecified atom stereocenters. The van der Waals surface area contributed by atoms with Crippen molar-refractivity contribution in [2.24, 2.45) is 0 Å². The van der Waals surface area contributed by atoms with Crippen LogP contribution in [-0.4, -0.2) is 36.2 Å². The normalized spacial score (nSPS) is 8.94.